The van der Waals surface area contributed by atoms with Gasteiger partial charge in [-0.3, -0.25) is 14.6 Å². The number of hydrogen-bond donors (Lipinski definition) is 2. The molecule has 23 heavy (non-hydrogen) atoms. The summed E-state index contributed by atoms with van der Waals surface area (Å²) in [5, 5.41) is 13.2. The van der Waals surface area contributed by atoms with Crippen LogP contribution in [-0.2, 0) is 9.53 Å². The molecule has 0 aromatic carbocycles. The van der Waals surface area contributed by atoms with E-state index in [1.165, 1.54) is 0 Å². The van der Waals surface area contributed by atoms with E-state index in [4.69, 9.17) is 4.74 Å². The average Bonchev–Trinajstić information content (AvgIpc) is 3.39. The summed E-state index contributed by atoms with van der Waals surface area (Å²) in [5.41, 5.74) is 0. The molecule has 2 aliphatic heterocycles. The molecule has 0 aromatic rings. The van der Waals surface area contributed by atoms with Gasteiger partial charge in [0.25, 0.3) is 0 Å². The third kappa shape index (κ3) is 4.89. The minimum absolute atomic E-state index is 0.112. The molecule has 2 saturated heterocycles. The van der Waals surface area contributed by atoms with Crippen molar-refractivity contribution in [2.45, 2.75) is 50.8 Å². The summed E-state index contributed by atoms with van der Waals surface area (Å²) < 4.78 is 5.40. The number of piperidine rings is 1. The Morgan fingerprint density at radius 3 is 2.43 bits per heavy atom. The van der Waals surface area contributed by atoms with E-state index in [1.807, 2.05) is 0 Å². The number of morpholine rings is 1. The standard InChI is InChI=1S/C17H31N3O3/c1-13(12-19-8-10-23-11-9-19)20-6-4-14(5-7-20)16(21)17(22)18-15-2-3-15/h13-16,21H,2-12H2,1H3,(H,18,22)/t13-,16+/m0/s1. The zero-order valence-corrected chi connectivity index (χ0v) is 14.2. The summed E-state index contributed by atoms with van der Waals surface area (Å²) in [5.74, 6) is -0.0482. The molecule has 3 fully saturated rings. The number of amides is 1. The van der Waals surface area contributed by atoms with Gasteiger partial charge in [-0.2, -0.15) is 0 Å². The molecule has 0 spiro atoms. The Labute approximate surface area is 139 Å². The molecule has 0 aromatic heterocycles. The number of hydrogen-bond acceptors (Lipinski definition) is 5. The quantitative estimate of drug-likeness (QED) is 0.723. The second-order valence-corrected chi connectivity index (χ2v) is 7.36. The van der Waals surface area contributed by atoms with Crippen LogP contribution in [0.1, 0.15) is 32.6 Å². The molecule has 0 radical (unpaired) electrons. The van der Waals surface area contributed by atoms with Gasteiger partial charge < -0.3 is 15.2 Å². The highest BCUT2D eigenvalue weighted by molar-refractivity contribution is 5.81. The fourth-order valence-electron chi connectivity index (χ4n) is 3.68. The van der Waals surface area contributed by atoms with Gasteiger partial charge in [0.1, 0.15) is 6.10 Å². The Kier molecular flexibility index (Phi) is 5.91. The van der Waals surface area contributed by atoms with Gasteiger partial charge in [-0.15, -0.1) is 0 Å². The van der Waals surface area contributed by atoms with Crippen molar-refractivity contribution in [3.05, 3.63) is 0 Å². The first-order valence-electron chi connectivity index (χ1n) is 9.16. The molecule has 6 heteroatoms. The van der Waals surface area contributed by atoms with Gasteiger partial charge in [-0.1, -0.05) is 0 Å². The van der Waals surface area contributed by atoms with E-state index in [-0.39, 0.29) is 11.8 Å². The van der Waals surface area contributed by atoms with Crippen molar-refractivity contribution in [3.63, 3.8) is 0 Å². The van der Waals surface area contributed by atoms with E-state index in [2.05, 4.69) is 22.0 Å². The Hall–Kier alpha value is -0.690. The Morgan fingerprint density at radius 1 is 1.17 bits per heavy atom. The predicted molar refractivity (Wildman–Crippen MR) is 88.2 cm³/mol. The lowest BCUT2D eigenvalue weighted by Gasteiger charge is -2.39. The molecule has 132 valence electrons. The smallest absolute Gasteiger partial charge is 0.249 e. The first kappa shape index (κ1) is 17.1. The minimum Gasteiger partial charge on any atom is -0.383 e. The van der Waals surface area contributed by atoms with Gasteiger partial charge in [-0.25, -0.2) is 0 Å². The van der Waals surface area contributed by atoms with E-state index in [1.54, 1.807) is 0 Å². The third-order valence-corrected chi connectivity index (χ3v) is 5.46. The van der Waals surface area contributed by atoms with E-state index in [0.717, 1.165) is 71.6 Å². The molecule has 0 bridgehead atoms. The number of carbonyl (C=O) groups excluding carboxylic acids is 1. The second kappa shape index (κ2) is 7.92. The highest BCUT2D eigenvalue weighted by Gasteiger charge is 2.34. The van der Waals surface area contributed by atoms with Crippen LogP contribution in [0.3, 0.4) is 0 Å². The molecule has 2 atom stereocenters. The molecule has 1 amide bonds. The summed E-state index contributed by atoms with van der Waals surface area (Å²) in [7, 11) is 0. The normalized spacial score (nSPS) is 27.6. The number of aliphatic hydroxyl groups excluding tert-OH is 1. The van der Waals surface area contributed by atoms with E-state index in [9.17, 15) is 9.90 Å². The third-order valence-electron chi connectivity index (χ3n) is 5.46. The number of aliphatic hydroxyl groups is 1. The van der Waals surface area contributed by atoms with Crippen molar-refractivity contribution < 1.29 is 14.6 Å². The summed E-state index contributed by atoms with van der Waals surface area (Å²) in [6.07, 6.45) is 3.12. The summed E-state index contributed by atoms with van der Waals surface area (Å²) in [6, 6.07) is 0.845. The maximum absolute atomic E-state index is 12.0. The van der Waals surface area contributed by atoms with Crippen molar-refractivity contribution in [2.24, 2.45) is 5.92 Å². The lowest BCUT2D eigenvalue weighted by molar-refractivity contribution is -0.133. The van der Waals surface area contributed by atoms with Crippen molar-refractivity contribution in [3.8, 4) is 0 Å². The van der Waals surface area contributed by atoms with E-state index in [0.29, 0.717) is 12.1 Å². The Balaban J connectivity index is 1.39. The molecule has 0 unspecified atom stereocenters. The molecule has 6 nitrogen and oxygen atoms in total. The maximum atomic E-state index is 12.0. The molecule has 2 N–H and O–H groups in total. The fraction of sp³-hybridized carbons (Fsp3) is 0.941. The zero-order chi connectivity index (χ0) is 16.2. The lowest BCUT2D eigenvalue weighted by Crippen LogP contribution is -2.50. The highest BCUT2D eigenvalue weighted by Crippen LogP contribution is 2.24. The summed E-state index contributed by atoms with van der Waals surface area (Å²) in [4.78, 5) is 16.9. The van der Waals surface area contributed by atoms with Crippen molar-refractivity contribution in [1.29, 1.82) is 0 Å². The predicted octanol–water partition coefficient (Wildman–Crippen LogP) is 0.0586. The van der Waals surface area contributed by atoms with Gasteiger partial charge in [0.2, 0.25) is 5.91 Å². The molecule has 1 aliphatic carbocycles. The molecular formula is C17H31N3O3. The molecule has 3 aliphatic rings. The number of rotatable bonds is 6. The minimum atomic E-state index is -0.827. The van der Waals surface area contributed by atoms with Gasteiger partial charge in [0.05, 0.1) is 13.2 Å². The number of ether oxygens (including phenoxy) is 1. The Bertz CT molecular complexity index is 389. The second-order valence-electron chi connectivity index (χ2n) is 7.36. The first-order valence-corrected chi connectivity index (χ1v) is 9.16. The molecule has 1 saturated carbocycles. The van der Waals surface area contributed by atoms with Crippen molar-refractivity contribution in [1.82, 2.24) is 15.1 Å². The Morgan fingerprint density at radius 2 is 1.83 bits per heavy atom. The van der Waals surface area contributed by atoms with Crippen molar-refractivity contribution in [2.75, 3.05) is 45.9 Å². The number of likely N-dealkylation sites (tertiary alicyclic amines) is 1. The van der Waals surface area contributed by atoms with Crippen LogP contribution in [0.5, 0.6) is 0 Å². The van der Waals surface area contributed by atoms with E-state index >= 15 is 0 Å². The average molecular weight is 325 g/mol. The highest BCUT2D eigenvalue weighted by atomic mass is 16.5. The lowest BCUT2D eigenvalue weighted by atomic mass is 9.90. The monoisotopic (exact) mass is 325 g/mol. The number of nitrogens with one attached hydrogen (secondary N) is 1. The van der Waals surface area contributed by atoms with Crippen LogP contribution in [0.15, 0.2) is 0 Å². The van der Waals surface area contributed by atoms with Crippen LogP contribution in [0.4, 0.5) is 0 Å². The molecule has 2 heterocycles. The van der Waals surface area contributed by atoms with Crippen LogP contribution >= 0.6 is 0 Å². The van der Waals surface area contributed by atoms with Gasteiger partial charge in [-0.05, 0) is 51.6 Å². The molecule has 3 rings (SSSR count). The van der Waals surface area contributed by atoms with Crippen LogP contribution in [0, 0.1) is 5.92 Å². The van der Waals surface area contributed by atoms with Crippen molar-refractivity contribution >= 4 is 5.91 Å². The van der Waals surface area contributed by atoms with Gasteiger partial charge in [0, 0.05) is 31.7 Å². The first-order chi connectivity index (χ1) is 11.1. The topological polar surface area (TPSA) is 65.0 Å². The summed E-state index contributed by atoms with van der Waals surface area (Å²) in [6.45, 7) is 9.06. The fourth-order valence-corrected chi connectivity index (χ4v) is 3.68. The largest absolute Gasteiger partial charge is 0.383 e. The summed E-state index contributed by atoms with van der Waals surface area (Å²) >= 11 is 0. The maximum Gasteiger partial charge on any atom is 0.249 e. The van der Waals surface area contributed by atoms with Crippen LogP contribution in [0.25, 0.3) is 0 Å². The van der Waals surface area contributed by atoms with Gasteiger partial charge in [0.15, 0.2) is 0 Å². The SMILES string of the molecule is C[C@@H](CN1CCOCC1)N1CCC([C@@H](O)C(=O)NC2CC2)CC1. The molecular weight excluding hydrogens is 294 g/mol. The zero-order valence-electron chi connectivity index (χ0n) is 14.2. The number of carbonyl (C=O) groups is 1. The number of nitrogens with zero attached hydrogens (tertiary/aromatic N) is 2. The van der Waals surface area contributed by atoms with Crippen LogP contribution in [0.2, 0.25) is 0 Å². The van der Waals surface area contributed by atoms with Crippen LogP contribution < -0.4 is 5.32 Å². The van der Waals surface area contributed by atoms with Gasteiger partial charge >= 0.3 is 0 Å². The van der Waals surface area contributed by atoms with E-state index < -0.39 is 6.10 Å². The van der Waals surface area contributed by atoms with Crippen LogP contribution in [-0.4, -0.2) is 84.9 Å².